The predicted molar refractivity (Wildman–Crippen MR) is 160 cm³/mol. The molecule has 0 aromatic heterocycles. The molecular formula is C30H42BrFN2O2S. The molecule has 7 heteroatoms. The van der Waals surface area contributed by atoms with Crippen LogP contribution in [0.1, 0.15) is 94.0 Å². The van der Waals surface area contributed by atoms with Crippen molar-refractivity contribution in [2.45, 2.75) is 84.6 Å². The highest BCUT2D eigenvalue weighted by Crippen LogP contribution is 2.26. The standard InChI is InChI=1S/C30H41FN2O2S.BrH/c1-3-4-5-6-7-8-9-10-11-12-18-35-29-17-16-26(20-28(29)31)30(34)32-27-15-13-14-25(19-27)22-33-21-24(2)36-23-33;/h13-17,19-21H,3-12,18,22-23H2,1-2H3,(H,32,34);1H. The Morgan fingerprint density at radius 3 is 2.35 bits per heavy atom. The summed E-state index contributed by atoms with van der Waals surface area (Å²) in [7, 11) is 0. The van der Waals surface area contributed by atoms with Crippen molar-refractivity contribution in [3.63, 3.8) is 0 Å². The van der Waals surface area contributed by atoms with Crippen LogP contribution in [0.2, 0.25) is 0 Å². The fraction of sp³-hybridized carbons (Fsp3) is 0.500. The van der Waals surface area contributed by atoms with E-state index in [1.54, 1.807) is 12.1 Å². The van der Waals surface area contributed by atoms with Gasteiger partial charge in [0.15, 0.2) is 11.6 Å². The fourth-order valence-corrected chi connectivity index (χ4v) is 5.08. The molecule has 0 aliphatic carbocycles. The Kier molecular flexibility index (Phi) is 14.8. The molecule has 0 spiro atoms. The second kappa shape index (κ2) is 17.5. The van der Waals surface area contributed by atoms with E-state index >= 15 is 0 Å². The van der Waals surface area contributed by atoms with Gasteiger partial charge in [-0.25, -0.2) is 4.39 Å². The summed E-state index contributed by atoms with van der Waals surface area (Å²) in [6, 6.07) is 12.2. The van der Waals surface area contributed by atoms with Crippen LogP contribution in [0.4, 0.5) is 10.1 Å². The molecule has 0 saturated heterocycles. The Hall–Kier alpha value is -1.99. The van der Waals surface area contributed by atoms with E-state index in [0.717, 1.165) is 30.8 Å². The molecule has 0 fully saturated rings. The second-order valence-electron chi connectivity index (χ2n) is 9.59. The van der Waals surface area contributed by atoms with Gasteiger partial charge in [0.2, 0.25) is 0 Å². The Morgan fingerprint density at radius 1 is 1.00 bits per heavy atom. The fourth-order valence-electron chi connectivity index (χ4n) is 4.32. The van der Waals surface area contributed by atoms with Gasteiger partial charge in [0.1, 0.15) is 0 Å². The highest BCUT2D eigenvalue weighted by atomic mass is 79.9. The first kappa shape index (κ1) is 31.2. The molecule has 2 aromatic rings. The average Bonchev–Trinajstić information content (AvgIpc) is 3.27. The number of unbranched alkanes of at least 4 members (excludes halogenated alkanes) is 9. The maximum Gasteiger partial charge on any atom is 0.255 e. The van der Waals surface area contributed by atoms with Crippen molar-refractivity contribution in [3.8, 4) is 5.75 Å². The van der Waals surface area contributed by atoms with Gasteiger partial charge in [-0.05, 0) is 54.1 Å². The Labute approximate surface area is 237 Å². The number of halogens is 2. The lowest BCUT2D eigenvalue weighted by molar-refractivity contribution is 0.102. The summed E-state index contributed by atoms with van der Waals surface area (Å²) in [6.07, 6.45) is 14.6. The summed E-state index contributed by atoms with van der Waals surface area (Å²) in [4.78, 5) is 16.2. The topological polar surface area (TPSA) is 41.6 Å². The molecule has 1 amide bonds. The SMILES string of the molecule is Br.CCCCCCCCCCCCOc1ccc(C(=O)Nc2cccc(CN3C=C(C)SC3)c2)cc1F. The van der Waals surface area contributed by atoms with Crippen molar-refractivity contribution >= 4 is 40.3 Å². The second-order valence-corrected chi connectivity index (χ2v) is 10.8. The van der Waals surface area contributed by atoms with Gasteiger partial charge in [0.25, 0.3) is 5.91 Å². The van der Waals surface area contributed by atoms with Gasteiger partial charge in [0.05, 0.1) is 12.5 Å². The highest BCUT2D eigenvalue weighted by molar-refractivity contribution is 8.93. The van der Waals surface area contributed by atoms with E-state index in [4.69, 9.17) is 4.74 Å². The van der Waals surface area contributed by atoms with Crippen LogP contribution < -0.4 is 10.1 Å². The van der Waals surface area contributed by atoms with Crippen molar-refractivity contribution in [2.75, 3.05) is 17.8 Å². The number of rotatable bonds is 16. The molecular weight excluding hydrogens is 551 g/mol. The zero-order valence-corrected chi connectivity index (χ0v) is 24.8. The number of ether oxygens (including phenoxy) is 1. The summed E-state index contributed by atoms with van der Waals surface area (Å²) in [5, 5.41) is 2.88. The van der Waals surface area contributed by atoms with Gasteiger partial charge in [-0.15, -0.1) is 28.7 Å². The smallest absolute Gasteiger partial charge is 0.255 e. The van der Waals surface area contributed by atoms with Crippen LogP contribution in [0.25, 0.3) is 0 Å². The molecule has 3 rings (SSSR count). The lowest BCUT2D eigenvalue weighted by atomic mass is 10.1. The molecule has 0 saturated carbocycles. The maximum atomic E-state index is 14.6. The number of allylic oxidation sites excluding steroid dienone is 1. The highest BCUT2D eigenvalue weighted by Gasteiger charge is 2.13. The van der Waals surface area contributed by atoms with E-state index in [1.807, 2.05) is 36.0 Å². The van der Waals surface area contributed by atoms with Gasteiger partial charge in [-0.1, -0.05) is 76.8 Å². The first-order valence-corrected chi connectivity index (χ1v) is 14.4. The third kappa shape index (κ3) is 11.5. The van der Waals surface area contributed by atoms with Crippen molar-refractivity contribution < 1.29 is 13.9 Å². The lowest BCUT2D eigenvalue weighted by Gasteiger charge is -2.15. The number of thioether (sulfide) groups is 1. The molecule has 1 N–H and O–H groups in total. The zero-order valence-electron chi connectivity index (χ0n) is 22.3. The van der Waals surface area contributed by atoms with Crippen LogP contribution in [0.3, 0.4) is 0 Å². The van der Waals surface area contributed by atoms with Crippen molar-refractivity contribution in [1.29, 1.82) is 0 Å². The molecule has 0 radical (unpaired) electrons. The molecule has 0 atom stereocenters. The van der Waals surface area contributed by atoms with Gasteiger partial charge in [-0.2, -0.15) is 0 Å². The number of amides is 1. The number of carbonyl (C=O) groups excluding carboxylic acids is 1. The van der Waals surface area contributed by atoms with E-state index < -0.39 is 5.82 Å². The molecule has 2 aromatic carbocycles. The summed E-state index contributed by atoms with van der Waals surface area (Å²) in [6.45, 7) is 5.63. The van der Waals surface area contributed by atoms with E-state index in [0.29, 0.717) is 12.3 Å². The normalized spacial score (nSPS) is 12.7. The van der Waals surface area contributed by atoms with Gasteiger partial charge in [-0.3, -0.25) is 4.79 Å². The minimum absolute atomic E-state index is 0. The number of anilines is 1. The van der Waals surface area contributed by atoms with Crippen molar-refractivity contribution in [1.82, 2.24) is 4.90 Å². The van der Waals surface area contributed by atoms with E-state index in [1.165, 1.54) is 62.3 Å². The largest absolute Gasteiger partial charge is 0.491 e. The molecule has 4 nitrogen and oxygen atoms in total. The van der Waals surface area contributed by atoms with Crippen LogP contribution in [-0.2, 0) is 6.54 Å². The number of hydrogen-bond acceptors (Lipinski definition) is 4. The van der Waals surface area contributed by atoms with E-state index in [9.17, 15) is 9.18 Å². The van der Waals surface area contributed by atoms with Crippen LogP contribution in [-0.4, -0.2) is 23.3 Å². The molecule has 1 aliphatic heterocycles. The molecule has 1 heterocycles. The Bertz CT molecular complexity index is 1000. The Morgan fingerprint density at radius 2 is 1.70 bits per heavy atom. The Balaban J connectivity index is 0.00000481. The first-order valence-electron chi connectivity index (χ1n) is 13.4. The maximum absolute atomic E-state index is 14.6. The average molecular weight is 594 g/mol. The third-order valence-corrected chi connectivity index (χ3v) is 7.36. The molecule has 204 valence electrons. The first-order chi connectivity index (χ1) is 17.5. The predicted octanol–water partition coefficient (Wildman–Crippen LogP) is 9.32. The van der Waals surface area contributed by atoms with E-state index in [-0.39, 0.29) is 34.2 Å². The summed E-state index contributed by atoms with van der Waals surface area (Å²) >= 11 is 1.82. The van der Waals surface area contributed by atoms with Crippen LogP contribution in [0, 0.1) is 5.82 Å². The number of carbonyl (C=O) groups is 1. The zero-order chi connectivity index (χ0) is 25.6. The molecule has 0 unspecified atom stereocenters. The van der Waals surface area contributed by atoms with E-state index in [2.05, 4.69) is 30.3 Å². The van der Waals surface area contributed by atoms with Crippen LogP contribution in [0.5, 0.6) is 5.75 Å². The monoisotopic (exact) mass is 592 g/mol. The summed E-state index contributed by atoms with van der Waals surface area (Å²) in [5.74, 6) is 0.309. The summed E-state index contributed by atoms with van der Waals surface area (Å²) in [5.41, 5.74) is 2.09. The number of hydrogen-bond donors (Lipinski definition) is 1. The number of nitrogens with zero attached hydrogens (tertiary/aromatic N) is 1. The van der Waals surface area contributed by atoms with Crippen molar-refractivity contribution in [2.24, 2.45) is 0 Å². The van der Waals surface area contributed by atoms with Gasteiger partial charge in [0, 0.05) is 24.0 Å². The molecule has 37 heavy (non-hydrogen) atoms. The number of benzene rings is 2. The number of nitrogens with one attached hydrogen (secondary N) is 1. The lowest BCUT2D eigenvalue weighted by Crippen LogP contribution is -2.14. The quantitative estimate of drug-likeness (QED) is 0.197. The van der Waals surface area contributed by atoms with Crippen LogP contribution in [0.15, 0.2) is 53.6 Å². The third-order valence-electron chi connectivity index (χ3n) is 6.34. The molecule has 0 bridgehead atoms. The summed E-state index contributed by atoms with van der Waals surface area (Å²) < 4.78 is 20.2. The van der Waals surface area contributed by atoms with Gasteiger partial charge >= 0.3 is 0 Å². The van der Waals surface area contributed by atoms with Crippen molar-refractivity contribution in [3.05, 3.63) is 70.5 Å². The molecule has 1 aliphatic rings. The van der Waals surface area contributed by atoms with Gasteiger partial charge < -0.3 is 15.0 Å². The van der Waals surface area contributed by atoms with Crippen LogP contribution >= 0.6 is 28.7 Å². The minimum atomic E-state index is -0.503. The minimum Gasteiger partial charge on any atom is -0.491 e.